The van der Waals surface area contributed by atoms with Gasteiger partial charge in [-0.25, -0.2) is 0 Å². The fourth-order valence-electron chi connectivity index (χ4n) is 1.78. The lowest BCUT2D eigenvalue weighted by molar-refractivity contribution is 0.449. The van der Waals surface area contributed by atoms with E-state index in [4.69, 9.17) is 16.0 Å². The molecule has 0 aliphatic carbocycles. The zero-order valence-electron chi connectivity index (χ0n) is 11.0. The maximum absolute atomic E-state index is 5.84. The molecule has 1 aromatic carbocycles. The first kappa shape index (κ1) is 14.0. The van der Waals surface area contributed by atoms with Crippen LogP contribution in [-0.4, -0.2) is 23.3 Å². The molecule has 1 N–H and O–H groups in total. The maximum atomic E-state index is 5.84. The van der Waals surface area contributed by atoms with Crippen molar-refractivity contribution < 1.29 is 4.42 Å². The molecule has 1 aromatic heterocycles. The number of aromatic nitrogens is 2. The van der Waals surface area contributed by atoms with E-state index in [0.717, 1.165) is 36.5 Å². The van der Waals surface area contributed by atoms with E-state index in [1.807, 2.05) is 24.3 Å². The summed E-state index contributed by atoms with van der Waals surface area (Å²) >= 11 is 5.84. The molecule has 0 aliphatic heterocycles. The van der Waals surface area contributed by atoms with Gasteiger partial charge in [-0.1, -0.05) is 30.7 Å². The molecule has 19 heavy (non-hydrogen) atoms. The Bertz CT molecular complexity index is 496. The molecule has 2 rings (SSSR count). The SMILES string of the molecule is CCNCCCc1nnc(Cc2ccc(Cl)cc2)o1. The van der Waals surface area contributed by atoms with Gasteiger partial charge < -0.3 is 9.73 Å². The molecular weight excluding hydrogens is 262 g/mol. The van der Waals surface area contributed by atoms with Gasteiger partial charge in [0.2, 0.25) is 11.8 Å². The van der Waals surface area contributed by atoms with Gasteiger partial charge in [0.15, 0.2) is 0 Å². The number of nitrogens with one attached hydrogen (secondary N) is 1. The molecule has 0 saturated heterocycles. The highest BCUT2D eigenvalue weighted by atomic mass is 35.5. The Morgan fingerprint density at radius 3 is 2.63 bits per heavy atom. The van der Waals surface area contributed by atoms with E-state index in [1.165, 1.54) is 0 Å². The van der Waals surface area contributed by atoms with Crippen LogP contribution in [0.3, 0.4) is 0 Å². The Kier molecular flexibility index (Phi) is 5.36. The number of aryl methyl sites for hydroxylation is 1. The second kappa shape index (κ2) is 7.26. The largest absolute Gasteiger partial charge is 0.425 e. The molecule has 0 unspecified atom stereocenters. The van der Waals surface area contributed by atoms with Crippen LogP contribution in [0.25, 0.3) is 0 Å². The lowest BCUT2D eigenvalue weighted by atomic mass is 10.1. The van der Waals surface area contributed by atoms with Crippen molar-refractivity contribution in [1.82, 2.24) is 15.5 Å². The number of benzene rings is 1. The summed E-state index contributed by atoms with van der Waals surface area (Å²) in [5, 5.41) is 12.1. The quantitative estimate of drug-likeness (QED) is 0.792. The lowest BCUT2D eigenvalue weighted by Crippen LogP contribution is -2.14. The summed E-state index contributed by atoms with van der Waals surface area (Å²) in [6.45, 7) is 4.06. The van der Waals surface area contributed by atoms with Crippen LogP contribution in [-0.2, 0) is 12.8 Å². The molecule has 0 aliphatic rings. The van der Waals surface area contributed by atoms with Gasteiger partial charge in [0.05, 0.1) is 6.42 Å². The molecule has 2 aromatic rings. The highest BCUT2D eigenvalue weighted by molar-refractivity contribution is 6.30. The summed E-state index contributed by atoms with van der Waals surface area (Å²) in [5.41, 5.74) is 1.12. The first-order valence-corrected chi connectivity index (χ1v) is 6.92. The first-order chi connectivity index (χ1) is 9.28. The summed E-state index contributed by atoms with van der Waals surface area (Å²) in [4.78, 5) is 0. The Labute approximate surface area is 118 Å². The average molecular weight is 280 g/mol. The Hall–Kier alpha value is -1.39. The second-order valence-electron chi connectivity index (χ2n) is 4.35. The molecule has 0 fully saturated rings. The van der Waals surface area contributed by atoms with Crippen LogP contribution in [0.15, 0.2) is 28.7 Å². The highest BCUT2D eigenvalue weighted by Gasteiger charge is 2.06. The van der Waals surface area contributed by atoms with Crippen molar-refractivity contribution in [2.45, 2.75) is 26.2 Å². The maximum Gasteiger partial charge on any atom is 0.220 e. The normalized spacial score (nSPS) is 10.8. The molecular formula is C14H18ClN3O. The number of nitrogens with zero attached hydrogens (tertiary/aromatic N) is 2. The van der Waals surface area contributed by atoms with Gasteiger partial charge in [0, 0.05) is 11.4 Å². The first-order valence-electron chi connectivity index (χ1n) is 6.54. The predicted octanol–water partition coefficient (Wildman–Crippen LogP) is 2.86. The summed E-state index contributed by atoms with van der Waals surface area (Å²) < 4.78 is 5.62. The summed E-state index contributed by atoms with van der Waals surface area (Å²) in [5.74, 6) is 1.36. The summed E-state index contributed by atoms with van der Waals surface area (Å²) in [6, 6.07) is 7.67. The van der Waals surface area contributed by atoms with Crippen molar-refractivity contribution in [2.24, 2.45) is 0 Å². The van der Waals surface area contributed by atoms with E-state index in [9.17, 15) is 0 Å². The number of rotatable bonds is 7. The minimum Gasteiger partial charge on any atom is -0.425 e. The van der Waals surface area contributed by atoms with Gasteiger partial charge in [-0.05, 0) is 37.2 Å². The van der Waals surface area contributed by atoms with Gasteiger partial charge in [0.25, 0.3) is 0 Å². The summed E-state index contributed by atoms with van der Waals surface area (Å²) in [6.07, 6.45) is 2.48. The van der Waals surface area contributed by atoms with Crippen molar-refractivity contribution in [3.8, 4) is 0 Å². The Balaban J connectivity index is 1.85. The monoisotopic (exact) mass is 279 g/mol. The van der Waals surface area contributed by atoms with Gasteiger partial charge in [-0.2, -0.15) is 0 Å². The third-order valence-electron chi connectivity index (χ3n) is 2.77. The Morgan fingerprint density at radius 2 is 1.89 bits per heavy atom. The van der Waals surface area contributed by atoms with Crippen LogP contribution in [0, 0.1) is 0 Å². The van der Waals surface area contributed by atoms with Crippen molar-refractivity contribution in [1.29, 1.82) is 0 Å². The van der Waals surface area contributed by atoms with E-state index in [1.54, 1.807) is 0 Å². The molecule has 0 atom stereocenters. The molecule has 0 bridgehead atoms. The van der Waals surface area contributed by atoms with Crippen LogP contribution in [0.4, 0.5) is 0 Å². The van der Waals surface area contributed by atoms with Crippen LogP contribution in [0.5, 0.6) is 0 Å². The second-order valence-corrected chi connectivity index (χ2v) is 4.79. The Morgan fingerprint density at radius 1 is 1.16 bits per heavy atom. The molecule has 102 valence electrons. The van der Waals surface area contributed by atoms with Crippen molar-refractivity contribution in [2.75, 3.05) is 13.1 Å². The zero-order chi connectivity index (χ0) is 13.5. The van der Waals surface area contributed by atoms with Gasteiger partial charge in [0.1, 0.15) is 0 Å². The third kappa shape index (κ3) is 4.65. The smallest absolute Gasteiger partial charge is 0.220 e. The van der Waals surface area contributed by atoms with E-state index in [2.05, 4.69) is 22.4 Å². The summed E-state index contributed by atoms with van der Waals surface area (Å²) in [7, 11) is 0. The van der Waals surface area contributed by atoms with E-state index >= 15 is 0 Å². The molecule has 1 heterocycles. The zero-order valence-corrected chi connectivity index (χ0v) is 11.8. The van der Waals surface area contributed by atoms with Crippen LogP contribution < -0.4 is 5.32 Å². The number of hydrogen-bond acceptors (Lipinski definition) is 4. The fourth-order valence-corrected chi connectivity index (χ4v) is 1.91. The molecule has 0 amide bonds. The fraction of sp³-hybridized carbons (Fsp3) is 0.429. The van der Waals surface area contributed by atoms with Gasteiger partial charge in [-0.15, -0.1) is 10.2 Å². The minimum atomic E-state index is 0.650. The van der Waals surface area contributed by atoms with E-state index in [0.29, 0.717) is 18.2 Å². The molecule has 0 spiro atoms. The number of halogens is 1. The highest BCUT2D eigenvalue weighted by Crippen LogP contribution is 2.13. The standard InChI is InChI=1S/C14H18ClN3O/c1-2-16-9-3-4-13-17-18-14(19-13)10-11-5-7-12(15)8-6-11/h5-8,16H,2-4,9-10H2,1H3. The third-order valence-corrected chi connectivity index (χ3v) is 3.02. The molecule has 0 radical (unpaired) electrons. The van der Waals surface area contributed by atoms with Crippen LogP contribution in [0.1, 0.15) is 30.7 Å². The number of hydrogen-bond donors (Lipinski definition) is 1. The predicted molar refractivity (Wildman–Crippen MR) is 75.4 cm³/mol. The average Bonchev–Trinajstić information content (AvgIpc) is 2.85. The lowest BCUT2D eigenvalue weighted by Gasteiger charge is -1.98. The van der Waals surface area contributed by atoms with E-state index < -0.39 is 0 Å². The van der Waals surface area contributed by atoms with Crippen molar-refractivity contribution >= 4 is 11.6 Å². The van der Waals surface area contributed by atoms with E-state index in [-0.39, 0.29) is 0 Å². The van der Waals surface area contributed by atoms with Crippen LogP contribution in [0.2, 0.25) is 5.02 Å². The van der Waals surface area contributed by atoms with Crippen molar-refractivity contribution in [3.63, 3.8) is 0 Å². The van der Waals surface area contributed by atoms with Gasteiger partial charge >= 0.3 is 0 Å². The van der Waals surface area contributed by atoms with Crippen LogP contribution >= 0.6 is 11.6 Å². The van der Waals surface area contributed by atoms with Gasteiger partial charge in [-0.3, -0.25) is 0 Å². The topological polar surface area (TPSA) is 51.0 Å². The molecule has 0 saturated carbocycles. The molecule has 5 heteroatoms. The minimum absolute atomic E-state index is 0.650. The van der Waals surface area contributed by atoms with Crippen molar-refractivity contribution in [3.05, 3.63) is 46.6 Å². The molecule has 4 nitrogen and oxygen atoms in total.